The molecule has 2 aliphatic carbocycles. The molecule has 2 saturated carbocycles. The van der Waals surface area contributed by atoms with E-state index in [0.717, 1.165) is 17.3 Å². The SMILES string of the molecule is CC1CCC2(CCCC(C)C2)CC1. The average molecular weight is 180 g/mol. The molecule has 2 rings (SSSR count). The van der Waals surface area contributed by atoms with Gasteiger partial charge in [-0.05, 0) is 42.9 Å². The van der Waals surface area contributed by atoms with Gasteiger partial charge in [0.25, 0.3) is 0 Å². The van der Waals surface area contributed by atoms with Gasteiger partial charge in [0.05, 0.1) is 0 Å². The van der Waals surface area contributed by atoms with Gasteiger partial charge in [-0.3, -0.25) is 0 Å². The Hall–Kier alpha value is 0. The van der Waals surface area contributed by atoms with Crippen molar-refractivity contribution in [1.82, 2.24) is 0 Å². The lowest BCUT2D eigenvalue weighted by Crippen LogP contribution is -2.31. The molecule has 0 aromatic rings. The quantitative estimate of drug-likeness (QED) is 0.518. The first-order chi connectivity index (χ1) is 6.20. The first-order valence-electron chi connectivity index (χ1n) is 6.20. The van der Waals surface area contributed by atoms with Gasteiger partial charge in [-0.1, -0.05) is 39.5 Å². The molecule has 0 saturated heterocycles. The lowest BCUT2D eigenvalue weighted by atomic mass is 9.61. The maximum absolute atomic E-state index is 2.46. The number of rotatable bonds is 0. The maximum atomic E-state index is 2.46. The van der Waals surface area contributed by atoms with Gasteiger partial charge in [-0.2, -0.15) is 0 Å². The predicted molar refractivity (Wildman–Crippen MR) is 57.7 cm³/mol. The topological polar surface area (TPSA) is 0 Å². The molecule has 0 nitrogen and oxygen atoms in total. The van der Waals surface area contributed by atoms with Crippen molar-refractivity contribution < 1.29 is 0 Å². The van der Waals surface area contributed by atoms with Gasteiger partial charge in [0.15, 0.2) is 0 Å². The summed E-state index contributed by atoms with van der Waals surface area (Å²) in [7, 11) is 0. The fourth-order valence-electron chi connectivity index (χ4n) is 3.60. The van der Waals surface area contributed by atoms with E-state index in [0.29, 0.717) is 0 Å². The van der Waals surface area contributed by atoms with E-state index in [1.54, 1.807) is 25.7 Å². The van der Waals surface area contributed by atoms with Crippen LogP contribution in [0, 0.1) is 17.3 Å². The summed E-state index contributed by atoms with van der Waals surface area (Å²) < 4.78 is 0. The smallest absolute Gasteiger partial charge is 0.0295 e. The Morgan fingerprint density at radius 1 is 0.846 bits per heavy atom. The monoisotopic (exact) mass is 180 g/mol. The fraction of sp³-hybridized carbons (Fsp3) is 1.00. The number of hydrogen-bond donors (Lipinski definition) is 0. The van der Waals surface area contributed by atoms with Crippen molar-refractivity contribution in [2.75, 3.05) is 0 Å². The van der Waals surface area contributed by atoms with Crippen LogP contribution in [0.4, 0.5) is 0 Å². The summed E-state index contributed by atoms with van der Waals surface area (Å²) >= 11 is 0. The van der Waals surface area contributed by atoms with Gasteiger partial charge in [-0.25, -0.2) is 0 Å². The maximum Gasteiger partial charge on any atom is -0.0295 e. The third kappa shape index (κ3) is 2.08. The summed E-state index contributed by atoms with van der Waals surface area (Å²) in [6.45, 7) is 4.89. The molecule has 1 spiro atoms. The summed E-state index contributed by atoms with van der Waals surface area (Å²) in [5.41, 5.74) is 0.810. The minimum Gasteiger partial charge on any atom is -0.0625 e. The first kappa shape index (κ1) is 9.55. The Balaban J connectivity index is 1.95. The van der Waals surface area contributed by atoms with Crippen LogP contribution in [0.2, 0.25) is 0 Å². The standard InChI is InChI=1S/C13H24/c1-11-5-8-13(9-6-11)7-3-4-12(2)10-13/h11-12H,3-10H2,1-2H3. The van der Waals surface area contributed by atoms with E-state index in [1.807, 2.05) is 0 Å². The Kier molecular flexibility index (Phi) is 2.67. The van der Waals surface area contributed by atoms with Crippen LogP contribution in [0.25, 0.3) is 0 Å². The molecule has 76 valence electrons. The summed E-state index contributed by atoms with van der Waals surface area (Å²) in [5, 5.41) is 0. The zero-order chi connectivity index (χ0) is 9.31. The van der Waals surface area contributed by atoms with Gasteiger partial charge in [0, 0.05) is 0 Å². The molecule has 0 aliphatic heterocycles. The zero-order valence-electron chi connectivity index (χ0n) is 9.31. The highest BCUT2D eigenvalue weighted by atomic mass is 14.4. The first-order valence-corrected chi connectivity index (χ1v) is 6.20. The Bertz CT molecular complexity index is 163. The highest BCUT2D eigenvalue weighted by molar-refractivity contribution is 4.88. The summed E-state index contributed by atoms with van der Waals surface area (Å²) in [6, 6.07) is 0. The molecule has 13 heavy (non-hydrogen) atoms. The van der Waals surface area contributed by atoms with Crippen LogP contribution in [-0.4, -0.2) is 0 Å². The molecule has 2 fully saturated rings. The molecule has 0 aromatic carbocycles. The van der Waals surface area contributed by atoms with Crippen molar-refractivity contribution in [2.24, 2.45) is 17.3 Å². The minimum atomic E-state index is 0.810. The molecule has 1 atom stereocenters. The van der Waals surface area contributed by atoms with Crippen LogP contribution < -0.4 is 0 Å². The van der Waals surface area contributed by atoms with E-state index < -0.39 is 0 Å². The van der Waals surface area contributed by atoms with Crippen LogP contribution in [-0.2, 0) is 0 Å². The second-order valence-corrected chi connectivity index (χ2v) is 5.88. The molecule has 0 amide bonds. The minimum absolute atomic E-state index is 0.810. The van der Waals surface area contributed by atoms with E-state index in [-0.39, 0.29) is 0 Å². The largest absolute Gasteiger partial charge is 0.0625 e. The van der Waals surface area contributed by atoms with E-state index in [4.69, 9.17) is 0 Å². The third-order valence-electron chi connectivity index (χ3n) is 4.52. The zero-order valence-corrected chi connectivity index (χ0v) is 9.31. The molecule has 0 N–H and O–H groups in total. The third-order valence-corrected chi connectivity index (χ3v) is 4.52. The molecular weight excluding hydrogens is 156 g/mol. The Labute approximate surface area is 83.1 Å². The van der Waals surface area contributed by atoms with Crippen molar-refractivity contribution in [3.05, 3.63) is 0 Å². The van der Waals surface area contributed by atoms with Gasteiger partial charge >= 0.3 is 0 Å². The van der Waals surface area contributed by atoms with Crippen LogP contribution in [0.3, 0.4) is 0 Å². The van der Waals surface area contributed by atoms with Crippen LogP contribution >= 0.6 is 0 Å². The van der Waals surface area contributed by atoms with E-state index >= 15 is 0 Å². The highest BCUT2D eigenvalue weighted by Gasteiger charge is 2.37. The summed E-state index contributed by atoms with van der Waals surface area (Å²) in [4.78, 5) is 0. The van der Waals surface area contributed by atoms with Crippen molar-refractivity contribution in [3.8, 4) is 0 Å². The van der Waals surface area contributed by atoms with Crippen LogP contribution in [0.1, 0.15) is 65.2 Å². The fourth-order valence-corrected chi connectivity index (χ4v) is 3.60. The van der Waals surface area contributed by atoms with Gasteiger partial charge in [0.1, 0.15) is 0 Å². The Morgan fingerprint density at radius 2 is 1.54 bits per heavy atom. The number of hydrogen-bond acceptors (Lipinski definition) is 0. The molecule has 1 unspecified atom stereocenters. The molecule has 2 aliphatic rings. The molecule has 0 bridgehead atoms. The molecule has 0 heteroatoms. The molecule has 0 aromatic heterocycles. The van der Waals surface area contributed by atoms with E-state index in [2.05, 4.69) is 13.8 Å². The molecular formula is C13H24. The van der Waals surface area contributed by atoms with Crippen molar-refractivity contribution in [2.45, 2.75) is 65.2 Å². The highest BCUT2D eigenvalue weighted by Crippen LogP contribution is 2.50. The normalized spacial score (nSPS) is 46.6. The second-order valence-electron chi connectivity index (χ2n) is 5.88. The average Bonchev–Trinajstić information content (AvgIpc) is 2.11. The van der Waals surface area contributed by atoms with Crippen LogP contribution in [0.15, 0.2) is 0 Å². The van der Waals surface area contributed by atoms with Gasteiger partial charge < -0.3 is 0 Å². The molecule has 0 radical (unpaired) electrons. The van der Waals surface area contributed by atoms with Crippen molar-refractivity contribution in [1.29, 1.82) is 0 Å². The van der Waals surface area contributed by atoms with Crippen molar-refractivity contribution in [3.63, 3.8) is 0 Å². The van der Waals surface area contributed by atoms with E-state index in [1.165, 1.54) is 25.7 Å². The molecule has 0 heterocycles. The van der Waals surface area contributed by atoms with E-state index in [9.17, 15) is 0 Å². The Morgan fingerprint density at radius 3 is 2.15 bits per heavy atom. The lowest BCUT2D eigenvalue weighted by molar-refractivity contribution is 0.0759. The predicted octanol–water partition coefficient (Wildman–Crippen LogP) is 4.39. The van der Waals surface area contributed by atoms with Crippen LogP contribution in [0.5, 0.6) is 0 Å². The van der Waals surface area contributed by atoms with Gasteiger partial charge in [0.2, 0.25) is 0 Å². The summed E-state index contributed by atoms with van der Waals surface area (Å²) in [5.74, 6) is 2.03. The van der Waals surface area contributed by atoms with Crippen molar-refractivity contribution >= 4 is 0 Å². The second kappa shape index (κ2) is 3.63. The summed E-state index contributed by atoms with van der Waals surface area (Å²) in [6.07, 6.45) is 12.2. The lowest BCUT2D eigenvalue weighted by Gasteiger charge is -2.44. The van der Waals surface area contributed by atoms with Gasteiger partial charge in [-0.15, -0.1) is 0 Å².